The Morgan fingerprint density at radius 3 is 2.50 bits per heavy atom. The molecular formula is C12H13Cl2NO. The van der Waals surface area contributed by atoms with Crippen LogP contribution in [0.1, 0.15) is 36.0 Å². The maximum Gasteiger partial charge on any atom is 0.251 e. The van der Waals surface area contributed by atoms with Crippen LogP contribution < -0.4 is 5.32 Å². The van der Waals surface area contributed by atoms with Crippen LogP contribution in [0.2, 0.25) is 10.0 Å². The van der Waals surface area contributed by atoms with Gasteiger partial charge in [0.15, 0.2) is 0 Å². The lowest BCUT2D eigenvalue weighted by Crippen LogP contribution is -2.32. The largest absolute Gasteiger partial charge is 0.349 e. The van der Waals surface area contributed by atoms with E-state index in [1.54, 1.807) is 18.2 Å². The fourth-order valence-corrected chi connectivity index (χ4v) is 2.27. The predicted molar refractivity (Wildman–Crippen MR) is 66.2 cm³/mol. The second kappa shape index (κ2) is 5.07. The molecule has 2 rings (SSSR count). The third-order valence-electron chi connectivity index (χ3n) is 2.87. The molecule has 0 bridgehead atoms. The number of hydrogen-bond donors (Lipinski definition) is 1. The molecule has 2 nitrogen and oxygen atoms in total. The first-order valence-corrected chi connectivity index (χ1v) is 6.18. The Morgan fingerprint density at radius 1 is 1.19 bits per heavy atom. The van der Waals surface area contributed by atoms with Crippen molar-refractivity contribution in [3.63, 3.8) is 0 Å². The molecule has 1 aliphatic carbocycles. The van der Waals surface area contributed by atoms with Crippen molar-refractivity contribution in [3.05, 3.63) is 33.8 Å². The minimum atomic E-state index is -0.0644. The smallest absolute Gasteiger partial charge is 0.251 e. The summed E-state index contributed by atoms with van der Waals surface area (Å²) in [6.07, 6.45) is 4.55. The van der Waals surface area contributed by atoms with Gasteiger partial charge in [-0.15, -0.1) is 0 Å². The molecule has 0 heterocycles. The summed E-state index contributed by atoms with van der Waals surface area (Å²) in [5.41, 5.74) is 0.571. The predicted octanol–water partition coefficient (Wildman–Crippen LogP) is 3.67. The van der Waals surface area contributed by atoms with Crippen LogP contribution in [0.4, 0.5) is 0 Å². The maximum absolute atomic E-state index is 11.9. The van der Waals surface area contributed by atoms with E-state index in [4.69, 9.17) is 23.2 Å². The van der Waals surface area contributed by atoms with Crippen LogP contribution in [0.15, 0.2) is 18.2 Å². The summed E-state index contributed by atoms with van der Waals surface area (Å²) in [7, 11) is 0. The fourth-order valence-electron chi connectivity index (χ4n) is 1.98. The van der Waals surface area contributed by atoms with E-state index in [1.165, 1.54) is 12.8 Å². The van der Waals surface area contributed by atoms with Crippen molar-refractivity contribution in [1.82, 2.24) is 5.32 Å². The third kappa shape index (κ3) is 2.69. The Hall–Kier alpha value is -0.730. The van der Waals surface area contributed by atoms with E-state index < -0.39 is 0 Å². The summed E-state index contributed by atoms with van der Waals surface area (Å²) in [5, 5.41) is 3.89. The monoisotopic (exact) mass is 257 g/mol. The average Bonchev–Trinajstić information content (AvgIpc) is 2.74. The van der Waals surface area contributed by atoms with Crippen LogP contribution in [-0.4, -0.2) is 11.9 Å². The summed E-state index contributed by atoms with van der Waals surface area (Å²) in [4.78, 5) is 11.9. The zero-order valence-corrected chi connectivity index (χ0v) is 10.3. The molecule has 0 radical (unpaired) electrons. The molecule has 16 heavy (non-hydrogen) atoms. The molecule has 0 aromatic heterocycles. The molecule has 1 aliphatic rings. The van der Waals surface area contributed by atoms with Gasteiger partial charge in [0.2, 0.25) is 0 Å². The molecule has 86 valence electrons. The van der Waals surface area contributed by atoms with E-state index in [0.717, 1.165) is 12.8 Å². The van der Waals surface area contributed by atoms with Crippen molar-refractivity contribution >= 4 is 29.1 Å². The number of carbonyl (C=O) groups is 1. The number of benzene rings is 1. The van der Waals surface area contributed by atoms with Crippen LogP contribution in [-0.2, 0) is 0 Å². The molecule has 1 N–H and O–H groups in total. The summed E-state index contributed by atoms with van der Waals surface area (Å²) in [5.74, 6) is -0.0644. The number of rotatable bonds is 2. The molecule has 0 atom stereocenters. The third-order valence-corrected chi connectivity index (χ3v) is 3.61. The Balaban J connectivity index is 2.05. The Labute approximate surface area is 105 Å². The van der Waals surface area contributed by atoms with Gasteiger partial charge >= 0.3 is 0 Å². The van der Waals surface area contributed by atoms with E-state index in [1.807, 2.05) is 0 Å². The van der Waals surface area contributed by atoms with Gasteiger partial charge in [-0.2, -0.15) is 0 Å². The molecule has 0 aliphatic heterocycles. The molecule has 0 spiro atoms. The first-order valence-electron chi connectivity index (χ1n) is 5.43. The zero-order chi connectivity index (χ0) is 11.5. The van der Waals surface area contributed by atoms with Gasteiger partial charge in [-0.25, -0.2) is 0 Å². The highest BCUT2D eigenvalue weighted by Gasteiger charge is 2.18. The van der Waals surface area contributed by atoms with Gasteiger partial charge in [-0.05, 0) is 31.0 Å². The second-order valence-corrected chi connectivity index (χ2v) is 4.90. The first kappa shape index (κ1) is 11.7. The summed E-state index contributed by atoms with van der Waals surface area (Å²) in [6.45, 7) is 0. The normalized spacial score (nSPS) is 16.4. The molecule has 1 aromatic rings. The Kier molecular flexibility index (Phi) is 3.72. The van der Waals surface area contributed by atoms with E-state index in [0.29, 0.717) is 21.7 Å². The average molecular weight is 258 g/mol. The van der Waals surface area contributed by atoms with Gasteiger partial charge in [0.05, 0.1) is 10.0 Å². The molecule has 0 saturated heterocycles. The standard InChI is InChI=1S/C12H13Cl2NO/c13-10-6-5-8(7-11(10)14)12(16)15-9-3-1-2-4-9/h5-7,9H,1-4H2,(H,15,16). The lowest BCUT2D eigenvalue weighted by Gasteiger charge is -2.12. The molecular weight excluding hydrogens is 245 g/mol. The molecule has 1 saturated carbocycles. The van der Waals surface area contributed by atoms with Crippen molar-refractivity contribution in [2.24, 2.45) is 0 Å². The van der Waals surface area contributed by atoms with E-state index in [-0.39, 0.29) is 5.91 Å². The van der Waals surface area contributed by atoms with Crippen LogP contribution in [0.5, 0.6) is 0 Å². The Bertz CT molecular complexity index is 400. The molecule has 1 aromatic carbocycles. The van der Waals surface area contributed by atoms with Crippen molar-refractivity contribution in [3.8, 4) is 0 Å². The van der Waals surface area contributed by atoms with Gasteiger partial charge in [0.1, 0.15) is 0 Å². The van der Waals surface area contributed by atoms with E-state index >= 15 is 0 Å². The molecule has 0 unspecified atom stereocenters. The number of hydrogen-bond acceptors (Lipinski definition) is 1. The first-order chi connectivity index (χ1) is 7.66. The topological polar surface area (TPSA) is 29.1 Å². The van der Waals surface area contributed by atoms with Crippen molar-refractivity contribution in [2.75, 3.05) is 0 Å². The fraction of sp³-hybridized carbons (Fsp3) is 0.417. The van der Waals surface area contributed by atoms with Gasteiger partial charge in [0.25, 0.3) is 5.91 Å². The molecule has 1 amide bonds. The molecule has 4 heteroatoms. The quantitative estimate of drug-likeness (QED) is 0.861. The highest BCUT2D eigenvalue weighted by atomic mass is 35.5. The van der Waals surface area contributed by atoms with Gasteiger partial charge < -0.3 is 5.32 Å². The van der Waals surface area contributed by atoms with Crippen LogP contribution in [0.3, 0.4) is 0 Å². The van der Waals surface area contributed by atoms with E-state index in [2.05, 4.69) is 5.32 Å². The highest BCUT2D eigenvalue weighted by molar-refractivity contribution is 6.42. The Morgan fingerprint density at radius 2 is 1.88 bits per heavy atom. The molecule has 1 fully saturated rings. The number of amides is 1. The van der Waals surface area contributed by atoms with Crippen LogP contribution in [0, 0.1) is 0 Å². The highest BCUT2D eigenvalue weighted by Crippen LogP contribution is 2.23. The van der Waals surface area contributed by atoms with Crippen LogP contribution >= 0.6 is 23.2 Å². The van der Waals surface area contributed by atoms with Crippen molar-refractivity contribution in [2.45, 2.75) is 31.7 Å². The van der Waals surface area contributed by atoms with Crippen LogP contribution in [0.25, 0.3) is 0 Å². The minimum absolute atomic E-state index is 0.0644. The lowest BCUT2D eigenvalue weighted by molar-refractivity contribution is 0.0938. The van der Waals surface area contributed by atoms with Crippen molar-refractivity contribution in [1.29, 1.82) is 0 Å². The van der Waals surface area contributed by atoms with Gasteiger partial charge in [0, 0.05) is 11.6 Å². The number of nitrogens with one attached hydrogen (secondary N) is 1. The van der Waals surface area contributed by atoms with Gasteiger partial charge in [-0.3, -0.25) is 4.79 Å². The van der Waals surface area contributed by atoms with E-state index in [9.17, 15) is 4.79 Å². The zero-order valence-electron chi connectivity index (χ0n) is 8.80. The summed E-state index contributed by atoms with van der Waals surface area (Å²) < 4.78 is 0. The summed E-state index contributed by atoms with van der Waals surface area (Å²) in [6, 6.07) is 5.27. The lowest BCUT2D eigenvalue weighted by atomic mass is 10.2. The number of carbonyl (C=O) groups excluding carboxylic acids is 1. The minimum Gasteiger partial charge on any atom is -0.349 e. The summed E-state index contributed by atoms with van der Waals surface area (Å²) >= 11 is 11.7. The SMILES string of the molecule is O=C(NC1CCCC1)c1ccc(Cl)c(Cl)c1. The van der Waals surface area contributed by atoms with Crippen molar-refractivity contribution < 1.29 is 4.79 Å². The second-order valence-electron chi connectivity index (χ2n) is 4.08. The number of halogens is 2. The maximum atomic E-state index is 11.9. The van der Waals surface area contributed by atoms with Gasteiger partial charge in [-0.1, -0.05) is 36.0 Å².